The molecule has 2 aliphatic heterocycles. The second kappa shape index (κ2) is 8.71. The lowest BCUT2D eigenvalue weighted by atomic mass is 9.86. The van der Waals surface area contributed by atoms with Crippen LogP contribution < -0.4 is 5.32 Å². The maximum Gasteiger partial charge on any atom is 0.227 e. The number of likely N-dealkylation sites (tertiary alicyclic amines) is 1. The monoisotopic (exact) mass is 486 g/mol. The molecule has 0 amide bonds. The van der Waals surface area contributed by atoms with Crippen LogP contribution in [-0.4, -0.2) is 74.4 Å². The first-order valence-corrected chi connectivity index (χ1v) is 12.2. The number of nitrogens with zero attached hydrogens (tertiary/aromatic N) is 5. The zero-order valence-electron chi connectivity index (χ0n) is 19.0. The summed E-state index contributed by atoms with van der Waals surface area (Å²) in [6.45, 7) is 1.70. The molecule has 3 aromatic rings. The Morgan fingerprint density at radius 3 is 2.79 bits per heavy atom. The van der Waals surface area contributed by atoms with Gasteiger partial charge in [-0.2, -0.15) is 5.10 Å². The molecule has 1 unspecified atom stereocenters. The number of aromatic nitrogens is 4. The summed E-state index contributed by atoms with van der Waals surface area (Å²) in [4.78, 5) is 11.2. The van der Waals surface area contributed by atoms with Crippen molar-refractivity contribution in [3.63, 3.8) is 0 Å². The lowest BCUT2D eigenvalue weighted by Crippen LogP contribution is -2.50. The van der Waals surface area contributed by atoms with E-state index in [1.165, 1.54) is 18.5 Å². The van der Waals surface area contributed by atoms with Crippen molar-refractivity contribution in [3.05, 3.63) is 40.8 Å². The highest BCUT2D eigenvalue weighted by Gasteiger charge is 2.39. The van der Waals surface area contributed by atoms with Gasteiger partial charge in [0.05, 0.1) is 48.5 Å². The topological polar surface area (TPSA) is 88.3 Å². The van der Waals surface area contributed by atoms with E-state index >= 15 is 4.39 Å². The molecule has 10 heteroatoms. The highest BCUT2D eigenvalue weighted by Crippen LogP contribution is 2.43. The lowest BCUT2D eigenvalue weighted by Gasteiger charge is -2.39. The fourth-order valence-corrected chi connectivity index (χ4v) is 5.69. The summed E-state index contributed by atoms with van der Waals surface area (Å²) in [5, 5.41) is 19.2. The molecular formula is C24H28ClFN6O2. The quantitative estimate of drug-likeness (QED) is 0.570. The molecule has 0 spiro atoms. The summed E-state index contributed by atoms with van der Waals surface area (Å²) in [6, 6.07) is 3.58. The first-order chi connectivity index (χ1) is 16.5. The van der Waals surface area contributed by atoms with Crippen molar-refractivity contribution in [2.75, 3.05) is 31.6 Å². The Morgan fingerprint density at radius 2 is 2.06 bits per heavy atom. The third kappa shape index (κ3) is 4.04. The van der Waals surface area contributed by atoms with Gasteiger partial charge in [0, 0.05) is 42.0 Å². The summed E-state index contributed by atoms with van der Waals surface area (Å²) in [5.41, 5.74) is 3.59. The fraction of sp³-hybridized carbons (Fsp3) is 0.542. The number of ether oxygens (including phenoxy) is 1. The number of nitrogens with one attached hydrogen (secondary N) is 1. The maximum absolute atomic E-state index is 15.4. The molecule has 0 radical (unpaired) electrons. The van der Waals surface area contributed by atoms with Crippen LogP contribution >= 0.6 is 11.6 Å². The minimum atomic E-state index is -1.09. The molecule has 1 saturated carbocycles. The third-order valence-corrected chi connectivity index (χ3v) is 7.68. The molecule has 6 rings (SSSR count). The second-order valence-corrected chi connectivity index (χ2v) is 10.1. The Balaban J connectivity index is 1.24. The van der Waals surface area contributed by atoms with Crippen LogP contribution in [0.5, 0.6) is 0 Å². The number of aryl methyl sites for hydroxylation is 1. The maximum atomic E-state index is 15.4. The van der Waals surface area contributed by atoms with Gasteiger partial charge in [-0.15, -0.1) is 0 Å². The van der Waals surface area contributed by atoms with Gasteiger partial charge in [-0.1, -0.05) is 11.6 Å². The second-order valence-electron chi connectivity index (χ2n) is 9.67. The number of rotatable bonds is 5. The van der Waals surface area contributed by atoms with Crippen LogP contribution in [-0.2, 0) is 11.8 Å². The summed E-state index contributed by atoms with van der Waals surface area (Å²) in [7, 11) is 1.95. The smallest absolute Gasteiger partial charge is 0.227 e. The van der Waals surface area contributed by atoms with Gasteiger partial charge in [0.25, 0.3) is 0 Å². The van der Waals surface area contributed by atoms with Crippen molar-refractivity contribution in [3.8, 4) is 0 Å². The first-order valence-electron chi connectivity index (χ1n) is 11.9. The molecule has 3 fully saturated rings. The molecule has 8 nitrogen and oxygen atoms in total. The molecule has 1 aromatic carbocycles. The largest absolute Gasteiger partial charge is 0.389 e. The van der Waals surface area contributed by atoms with Gasteiger partial charge in [0.1, 0.15) is 6.17 Å². The van der Waals surface area contributed by atoms with Crippen molar-refractivity contribution < 1.29 is 14.2 Å². The molecule has 4 atom stereocenters. The number of halogens is 2. The number of hydrogen-bond acceptors (Lipinski definition) is 7. The highest BCUT2D eigenvalue weighted by molar-refractivity contribution is 6.32. The molecule has 180 valence electrons. The Labute approximate surface area is 202 Å². The van der Waals surface area contributed by atoms with Crippen LogP contribution in [0.2, 0.25) is 5.02 Å². The predicted molar refractivity (Wildman–Crippen MR) is 127 cm³/mol. The van der Waals surface area contributed by atoms with Crippen LogP contribution in [0.25, 0.3) is 10.9 Å². The van der Waals surface area contributed by atoms with Crippen LogP contribution in [0.1, 0.15) is 42.4 Å². The summed E-state index contributed by atoms with van der Waals surface area (Å²) in [6.07, 6.45) is 4.86. The molecular weight excluding hydrogens is 459 g/mol. The van der Waals surface area contributed by atoms with E-state index in [0.717, 1.165) is 22.2 Å². The number of alkyl halides is 1. The Hall–Kier alpha value is -2.33. The summed E-state index contributed by atoms with van der Waals surface area (Å²) in [5.74, 6) is 0.696. The number of aliphatic hydroxyl groups excluding tert-OH is 1. The number of piperidine rings is 1. The molecule has 0 bridgehead atoms. The fourth-order valence-electron chi connectivity index (χ4n) is 5.38. The number of fused-ring (bicyclic) bond motifs is 1. The molecule has 2 saturated heterocycles. The normalized spacial score (nSPS) is 28.0. The van der Waals surface area contributed by atoms with Crippen molar-refractivity contribution >= 4 is 34.1 Å². The van der Waals surface area contributed by atoms with Gasteiger partial charge in [0.2, 0.25) is 5.95 Å². The van der Waals surface area contributed by atoms with E-state index in [2.05, 4.69) is 15.4 Å². The predicted octanol–water partition coefficient (Wildman–Crippen LogP) is 3.52. The SMILES string of the molecule is Cn1ncc(Nc2ncc3cc(Cl)c([C@H]4CCN([C@@H]5COCC5O)C[C@@H]4F)cc3n2)c1C1CC1. The van der Waals surface area contributed by atoms with E-state index in [4.69, 9.17) is 21.3 Å². The number of hydrogen-bond donors (Lipinski definition) is 2. The average Bonchev–Trinajstić information content (AvgIpc) is 3.45. The minimum absolute atomic E-state index is 0.138. The van der Waals surface area contributed by atoms with Crippen molar-refractivity contribution in [1.29, 1.82) is 0 Å². The van der Waals surface area contributed by atoms with Gasteiger partial charge < -0.3 is 15.2 Å². The molecule has 4 heterocycles. The van der Waals surface area contributed by atoms with Crippen molar-refractivity contribution in [1.82, 2.24) is 24.6 Å². The summed E-state index contributed by atoms with van der Waals surface area (Å²) >= 11 is 6.60. The molecule has 34 heavy (non-hydrogen) atoms. The van der Waals surface area contributed by atoms with E-state index in [1.807, 2.05) is 35.0 Å². The molecule has 1 aliphatic carbocycles. The highest BCUT2D eigenvalue weighted by atomic mass is 35.5. The average molecular weight is 487 g/mol. The third-order valence-electron chi connectivity index (χ3n) is 7.36. The van der Waals surface area contributed by atoms with Gasteiger partial charge in [-0.05, 0) is 43.5 Å². The van der Waals surface area contributed by atoms with Crippen LogP contribution in [0.3, 0.4) is 0 Å². The summed E-state index contributed by atoms with van der Waals surface area (Å²) < 4.78 is 22.6. The molecule has 3 aliphatic rings. The first kappa shape index (κ1) is 22.2. The van der Waals surface area contributed by atoms with Gasteiger partial charge in [-0.25, -0.2) is 14.4 Å². The Bertz CT molecular complexity index is 1220. The van der Waals surface area contributed by atoms with E-state index in [-0.39, 0.29) is 18.5 Å². The lowest BCUT2D eigenvalue weighted by molar-refractivity contribution is 0.0353. The van der Waals surface area contributed by atoms with E-state index in [0.29, 0.717) is 43.1 Å². The van der Waals surface area contributed by atoms with Gasteiger partial charge in [-0.3, -0.25) is 9.58 Å². The van der Waals surface area contributed by atoms with Crippen molar-refractivity contribution in [2.45, 2.75) is 49.4 Å². The van der Waals surface area contributed by atoms with Gasteiger partial charge in [0.15, 0.2) is 0 Å². The minimum Gasteiger partial charge on any atom is -0.389 e. The van der Waals surface area contributed by atoms with Crippen LogP contribution in [0.4, 0.5) is 16.0 Å². The Kier molecular flexibility index (Phi) is 5.68. The van der Waals surface area contributed by atoms with E-state index in [9.17, 15) is 5.11 Å². The zero-order valence-corrected chi connectivity index (χ0v) is 19.7. The van der Waals surface area contributed by atoms with Crippen LogP contribution in [0, 0.1) is 0 Å². The Morgan fingerprint density at radius 1 is 1.21 bits per heavy atom. The number of anilines is 2. The molecule has 2 aromatic heterocycles. The molecule has 2 N–H and O–H groups in total. The zero-order chi connectivity index (χ0) is 23.4. The van der Waals surface area contributed by atoms with Gasteiger partial charge >= 0.3 is 0 Å². The van der Waals surface area contributed by atoms with E-state index < -0.39 is 12.3 Å². The number of aliphatic hydroxyl groups is 1. The van der Waals surface area contributed by atoms with Crippen molar-refractivity contribution in [2.24, 2.45) is 7.05 Å². The standard InChI is InChI=1S/C24H28ClFN6O2/c1-31-23(13-2-3-13)20(9-28-31)30-24-27-8-14-6-17(25)16(7-19(14)29-24)15-4-5-32(10-18(15)26)21-11-34-12-22(21)33/h6-9,13,15,18,21-22,33H,2-5,10-12H2,1H3,(H,27,29,30)/t15-,18+,21-,22?/m1/s1. The van der Waals surface area contributed by atoms with E-state index in [1.54, 1.807) is 6.20 Å². The number of benzene rings is 1. The van der Waals surface area contributed by atoms with Crippen LogP contribution in [0.15, 0.2) is 24.5 Å².